The molecule has 0 spiro atoms. The van der Waals surface area contributed by atoms with Crippen LogP contribution in [0.25, 0.3) is 0 Å². The number of hydrogen-bond donors (Lipinski definition) is 1. The van der Waals surface area contributed by atoms with E-state index in [0.717, 1.165) is 15.6 Å². The second-order valence-electron chi connectivity index (χ2n) is 6.13. The van der Waals surface area contributed by atoms with Crippen LogP contribution in [0.1, 0.15) is 18.1 Å². The van der Waals surface area contributed by atoms with E-state index in [0.29, 0.717) is 28.9 Å². The molecule has 0 saturated heterocycles. The normalized spacial score (nSPS) is 10.5. The highest BCUT2D eigenvalue weighted by atomic mass is 79.9. The van der Waals surface area contributed by atoms with Crippen LogP contribution >= 0.6 is 39.1 Å². The van der Waals surface area contributed by atoms with Crippen molar-refractivity contribution in [3.63, 3.8) is 0 Å². The summed E-state index contributed by atoms with van der Waals surface area (Å²) in [5.74, 6) is -0.0769. The third kappa shape index (κ3) is 6.69. The highest BCUT2D eigenvalue weighted by Crippen LogP contribution is 2.31. The molecule has 0 aliphatic carbocycles. The maximum Gasteiger partial charge on any atom is 0.260 e. The number of rotatable bonds is 8. The van der Waals surface area contributed by atoms with Crippen LogP contribution in [-0.2, 0) is 16.1 Å². The highest BCUT2D eigenvalue weighted by molar-refractivity contribution is 9.10. The Kier molecular flexibility index (Phi) is 8.60. The molecule has 0 aliphatic heterocycles. The number of nitrogens with one attached hydrogen (secondary N) is 1. The second kappa shape index (κ2) is 10.7. The first-order chi connectivity index (χ1) is 13.3. The Bertz CT molecular complexity index is 821. The van der Waals surface area contributed by atoms with E-state index in [9.17, 15) is 9.59 Å². The van der Waals surface area contributed by atoms with Crippen molar-refractivity contribution in [1.29, 1.82) is 0 Å². The lowest BCUT2D eigenvalue weighted by Crippen LogP contribution is -2.42. The summed E-state index contributed by atoms with van der Waals surface area (Å²) in [6.45, 7) is 4.18. The van der Waals surface area contributed by atoms with E-state index in [2.05, 4.69) is 21.2 Å². The molecule has 28 heavy (non-hydrogen) atoms. The minimum atomic E-state index is -0.289. The van der Waals surface area contributed by atoms with E-state index in [1.165, 1.54) is 4.90 Å². The van der Waals surface area contributed by atoms with Gasteiger partial charge in [-0.15, -0.1) is 0 Å². The van der Waals surface area contributed by atoms with Gasteiger partial charge in [-0.2, -0.15) is 0 Å². The molecule has 150 valence electrons. The van der Waals surface area contributed by atoms with E-state index >= 15 is 0 Å². The van der Waals surface area contributed by atoms with Crippen LogP contribution < -0.4 is 10.1 Å². The third-order valence-corrected chi connectivity index (χ3v) is 5.00. The predicted molar refractivity (Wildman–Crippen MR) is 115 cm³/mol. The Hall–Kier alpha value is -1.76. The van der Waals surface area contributed by atoms with E-state index in [-0.39, 0.29) is 25.0 Å². The molecular weight excluding hydrogens is 467 g/mol. The Morgan fingerprint density at radius 2 is 1.86 bits per heavy atom. The van der Waals surface area contributed by atoms with E-state index in [1.54, 1.807) is 18.2 Å². The molecule has 2 aromatic carbocycles. The molecule has 0 saturated carbocycles. The number of benzene rings is 2. The maximum absolute atomic E-state index is 12.4. The Morgan fingerprint density at radius 1 is 1.18 bits per heavy atom. The molecule has 0 aliphatic rings. The van der Waals surface area contributed by atoms with Crippen molar-refractivity contribution in [2.45, 2.75) is 20.4 Å². The Labute approximate surface area is 183 Å². The van der Waals surface area contributed by atoms with Gasteiger partial charge in [-0.3, -0.25) is 9.59 Å². The molecule has 8 heteroatoms. The third-order valence-electron chi connectivity index (χ3n) is 4.01. The summed E-state index contributed by atoms with van der Waals surface area (Å²) >= 11 is 15.4. The van der Waals surface area contributed by atoms with Crippen LogP contribution in [0.4, 0.5) is 0 Å². The number of halogens is 3. The molecule has 1 N–H and O–H groups in total. The molecule has 2 amide bonds. The molecule has 0 atom stereocenters. The molecule has 0 unspecified atom stereocenters. The molecule has 0 heterocycles. The Morgan fingerprint density at radius 3 is 2.46 bits per heavy atom. The molecule has 0 bridgehead atoms. The van der Waals surface area contributed by atoms with Crippen LogP contribution in [0.2, 0.25) is 10.0 Å². The van der Waals surface area contributed by atoms with Crippen molar-refractivity contribution in [2.75, 3.05) is 19.7 Å². The van der Waals surface area contributed by atoms with E-state index in [4.69, 9.17) is 27.9 Å². The van der Waals surface area contributed by atoms with Crippen molar-refractivity contribution >= 4 is 50.9 Å². The van der Waals surface area contributed by atoms with Gasteiger partial charge < -0.3 is 15.0 Å². The van der Waals surface area contributed by atoms with Crippen LogP contribution in [0.5, 0.6) is 5.75 Å². The summed E-state index contributed by atoms with van der Waals surface area (Å²) in [5, 5.41) is 3.85. The lowest BCUT2D eigenvalue weighted by atomic mass is 10.2. The summed E-state index contributed by atoms with van der Waals surface area (Å²) in [4.78, 5) is 26.0. The van der Waals surface area contributed by atoms with Crippen molar-refractivity contribution in [1.82, 2.24) is 10.2 Å². The van der Waals surface area contributed by atoms with Gasteiger partial charge in [-0.05, 0) is 49.2 Å². The van der Waals surface area contributed by atoms with Crippen LogP contribution in [0, 0.1) is 6.92 Å². The van der Waals surface area contributed by atoms with Gasteiger partial charge in [0.1, 0.15) is 5.75 Å². The average Bonchev–Trinajstić information content (AvgIpc) is 2.64. The zero-order valence-electron chi connectivity index (χ0n) is 15.6. The molecular formula is C20H21BrCl2N2O3. The van der Waals surface area contributed by atoms with Crippen molar-refractivity contribution in [2.24, 2.45) is 0 Å². The summed E-state index contributed by atoms with van der Waals surface area (Å²) in [7, 11) is 0. The lowest BCUT2D eigenvalue weighted by molar-refractivity contribution is -0.137. The Balaban J connectivity index is 1.87. The standard InChI is InChI=1S/C20H21BrCl2N2O3/c1-3-25(11-18(26)24-10-14-4-6-16(22)7-5-14)19(27)12-28-20-13(2)8-15(21)9-17(20)23/h4-9H,3,10-12H2,1-2H3,(H,24,26). The first-order valence-corrected chi connectivity index (χ1v) is 10.2. The van der Waals surface area contributed by atoms with Crippen LogP contribution in [0.3, 0.4) is 0 Å². The number of amides is 2. The zero-order valence-corrected chi connectivity index (χ0v) is 18.7. The fourth-order valence-electron chi connectivity index (χ4n) is 2.51. The number of aryl methyl sites for hydroxylation is 1. The van der Waals surface area contributed by atoms with Crippen molar-refractivity contribution in [3.05, 3.63) is 62.0 Å². The minimum Gasteiger partial charge on any atom is -0.482 e. The highest BCUT2D eigenvalue weighted by Gasteiger charge is 2.17. The van der Waals surface area contributed by atoms with Crippen molar-refractivity contribution in [3.8, 4) is 5.75 Å². The summed E-state index contributed by atoms with van der Waals surface area (Å²) in [6, 6.07) is 10.8. The van der Waals surface area contributed by atoms with Gasteiger partial charge in [-0.25, -0.2) is 0 Å². The molecule has 2 aromatic rings. The fraction of sp³-hybridized carbons (Fsp3) is 0.300. The minimum absolute atomic E-state index is 0.0423. The topological polar surface area (TPSA) is 58.6 Å². The predicted octanol–water partition coefficient (Wildman–Crippen LogP) is 4.61. The SMILES string of the molecule is CCN(CC(=O)NCc1ccc(Cl)cc1)C(=O)COc1c(C)cc(Br)cc1Cl. The molecule has 5 nitrogen and oxygen atoms in total. The monoisotopic (exact) mass is 486 g/mol. The van der Waals surface area contributed by atoms with Gasteiger partial charge in [0, 0.05) is 22.6 Å². The fourth-order valence-corrected chi connectivity index (χ4v) is 3.66. The van der Waals surface area contributed by atoms with Crippen LogP contribution in [0.15, 0.2) is 40.9 Å². The molecule has 2 rings (SSSR count). The number of ether oxygens (including phenoxy) is 1. The van der Waals surface area contributed by atoms with E-state index < -0.39 is 0 Å². The molecule has 0 radical (unpaired) electrons. The quantitative estimate of drug-likeness (QED) is 0.591. The zero-order chi connectivity index (χ0) is 20.7. The van der Waals surface area contributed by atoms with Gasteiger partial charge in [0.15, 0.2) is 6.61 Å². The number of nitrogens with zero attached hydrogens (tertiary/aromatic N) is 1. The summed E-state index contributed by atoms with van der Waals surface area (Å²) in [6.07, 6.45) is 0. The number of hydrogen-bond acceptors (Lipinski definition) is 3. The van der Waals surface area contributed by atoms with Crippen molar-refractivity contribution < 1.29 is 14.3 Å². The second-order valence-corrected chi connectivity index (χ2v) is 7.89. The van der Waals surface area contributed by atoms with Crippen LogP contribution in [-0.4, -0.2) is 36.4 Å². The van der Waals surface area contributed by atoms with Gasteiger partial charge in [0.25, 0.3) is 5.91 Å². The first kappa shape index (κ1) is 22.5. The number of carbonyl (C=O) groups excluding carboxylic acids is 2. The maximum atomic E-state index is 12.4. The first-order valence-electron chi connectivity index (χ1n) is 8.67. The van der Waals surface area contributed by atoms with Gasteiger partial charge in [-0.1, -0.05) is 51.3 Å². The summed E-state index contributed by atoms with van der Waals surface area (Å²) < 4.78 is 6.44. The summed E-state index contributed by atoms with van der Waals surface area (Å²) in [5.41, 5.74) is 1.74. The van der Waals surface area contributed by atoms with E-state index in [1.807, 2.05) is 32.0 Å². The van der Waals surface area contributed by atoms with Gasteiger partial charge >= 0.3 is 0 Å². The number of carbonyl (C=O) groups is 2. The molecule has 0 fully saturated rings. The average molecular weight is 488 g/mol. The number of likely N-dealkylation sites (N-methyl/N-ethyl adjacent to an activating group) is 1. The van der Waals surface area contributed by atoms with Gasteiger partial charge in [0.2, 0.25) is 5.91 Å². The largest absolute Gasteiger partial charge is 0.482 e. The lowest BCUT2D eigenvalue weighted by Gasteiger charge is -2.21. The van der Waals surface area contributed by atoms with Gasteiger partial charge in [0.05, 0.1) is 11.6 Å². The smallest absolute Gasteiger partial charge is 0.260 e. The molecule has 0 aromatic heterocycles.